The molecule has 0 amide bonds. The van der Waals surface area contributed by atoms with Crippen LogP contribution in [0.4, 0.5) is 0 Å². The minimum absolute atomic E-state index is 0.0369. The van der Waals surface area contributed by atoms with Gasteiger partial charge in [0.15, 0.2) is 5.78 Å². The molecule has 2 aromatic heterocycles. The molecule has 0 spiro atoms. The molecule has 112 valence electrons. The predicted molar refractivity (Wildman–Crippen MR) is 82.1 cm³/mol. The van der Waals surface area contributed by atoms with Crippen LogP contribution < -0.4 is 0 Å². The quantitative estimate of drug-likeness (QED) is 0.734. The van der Waals surface area contributed by atoms with E-state index < -0.39 is 0 Å². The van der Waals surface area contributed by atoms with E-state index in [-0.39, 0.29) is 5.78 Å². The molecule has 6 nitrogen and oxygen atoms in total. The first kappa shape index (κ1) is 14.2. The monoisotopic (exact) mass is 295 g/mol. The maximum absolute atomic E-state index is 12.2. The van der Waals surface area contributed by atoms with Crippen LogP contribution in [0.25, 0.3) is 5.69 Å². The third-order valence-electron chi connectivity index (χ3n) is 3.65. The van der Waals surface area contributed by atoms with Gasteiger partial charge in [-0.15, -0.1) is 5.10 Å². The number of imidazole rings is 1. The average molecular weight is 295 g/mol. The standard InChI is InChI=1S/C16H17N5O/c1-3-15(22)16-14(9-13-11(2)18-20-19-13)21(10-17-16)12-7-5-4-6-8-12/h4-8,10H,3,9H2,1-2H3,(H,18,19,20). The van der Waals surface area contributed by atoms with Gasteiger partial charge in [-0.1, -0.05) is 30.3 Å². The van der Waals surface area contributed by atoms with Crippen molar-refractivity contribution in [3.8, 4) is 5.69 Å². The van der Waals surface area contributed by atoms with Gasteiger partial charge in [0, 0.05) is 18.5 Å². The van der Waals surface area contributed by atoms with Crippen molar-refractivity contribution in [1.29, 1.82) is 0 Å². The number of nitrogens with one attached hydrogen (secondary N) is 1. The summed E-state index contributed by atoms with van der Waals surface area (Å²) in [5.41, 5.74) is 4.07. The van der Waals surface area contributed by atoms with Crippen molar-refractivity contribution in [1.82, 2.24) is 25.0 Å². The number of rotatable bonds is 5. The van der Waals surface area contributed by atoms with Crippen molar-refractivity contribution >= 4 is 5.78 Å². The van der Waals surface area contributed by atoms with Crippen molar-refractivity contribution in [2.24, 2.45) is 0 Å². The maximum Gasteiger partial charge on any atom is 0.182 e. The zero-order chi connectivity index (χ0) is 15.5. The number of carbonyl (C=O) groups is 1. The highest BCUT2D eigenvalue weighted by Crippen LogP contribution is 2.19. The lowest BCUT2D eigenvalue weighted by Gasteiger charge is -2.09. The Morgan fingerprint density at radius 3 is 2.68 bits per heavy atom. The second-order valence-electron chi connectivity index (χ2n) is 5.07. The van der Waals surface area contributed by atoms with Crippen LogP contribution in [-0.4, -0.2) is 30.7 Å². The van der Waals surface area contributed by atoms with Gasteiger partial charge in [0.2, 0.25) is 0 Å². The number of para-hydroxylation sites is 1. The molecule has 0 saturated carbocycles. The zero-order valence-corrected chi connectivity index (χ0v) is 12.6. The number of H-pyrrole nitrogens is 1. The van der Waals surface area contributed by atoms with E-state index in [1.807, 2.05) is 48.7 Å². The van der Waals surface area contributed by atoms with Gasteiger partial charge >= 0.3 is 0 Å². The van der Waals surface area contributed by atoms with Crippen molar-refractivity contribution in [2.45, 2.75) is 26.7 Å². The first-order chi connectivity index (χ1) is 10.7. The van der Waals surface area contributed by atoms with E-state index in [1.165, 1.54) is 0 Å². The van der Waals surface area contributed by atoms with Crippen LogP contribution in [0.3, 0.4) is 0 Å². The van der Waals surface area contributed by atoms with Crippen LogP contribution in [-0.2, 0) is 6.42 Å². The fourth-order valence-corrected chi connectivity index (χ4v) is 2.39. The van der Waals surface area contributed by atoms with Crippen LogP contribution >= 0.6 is 0 Å². The van der Waals surface area contributed by atoms with Crippen LogP contribution in [0.5, 0.6) is 0 Å². The molecule has 0 aliphatic carbocycles. The number of ketones is 1. The van der Waals surface area contributed by atoms with E-state index in [0.29, 0.717) is 18.5 Å². The summed E-state index contributed by atoms with van der Waals surface area (Å²) in [5, 5.41) is 10.7. The molecule has 2 heterocycles. The molecule has 6 heteroatoms. The fraction of sp³-hybridized carbons (Fsp3) is 0.250. The van der Waals surface area contributed by atoms with Gasteiger partial charge in [-0.3, -0.25) is 9.89 Å². The second kappa shape index (κ2) is 5.93. The lowest BCUT2D eigenvalue weighted by Crippen LogP contribution is -2.08. The lowest BCUT2D eigenvalue weighted by atomic mass is 10.1. The number of nitrogens with zero attached hydrogens (tertiary/aromatic N) is 4. The van der Waals surface area contributed by atoms with Crippen LogP contribution in [0.2, 0.25) is 0 Å². The van der Waals surface area contributed by atoms with Crippen LogP contribution in [0, 0.1) is 6.92 Å². The largest absolute Gasteiger partial charge is 0.302 e. The number of aromatic nitrogens is 5. The molecule has 0 bridgehead atoms. The van der Waals surface area contributed by atoms with E-state index >= 15 is 0 Å². The Labute approximate surface area is 128 Å². The van der Waals surface area contributed by atoms with Gasteiger partial charge in [0.25, 0.3) is 0 Å². The third kappa shape index (κ3) is 2.55. The number of Topliss-reactive ketones (excluding diaryl/α,β-unsaturated/α-hetero) is 1. The predicted octanol–water partition coefficient (Wildman–Crippen LogP) is 2.48. The molecule has 0 atom stereocenters. The summed E-state index contributed by atoms with van der Waals surface area (Å²) < 4.78 is 1.95. The highest BCUT2D eigenvalue weighted by molar-refractivity contribution is 5.95. The number of hydrogen-bond acceptors (Lipinski definition) is 4. The molecule has 0 radical (unpaired) electrons. The van der Waals surface area contributed by atoms with Gasteiger partial charge < -0.3 is 4.57 Å². The van der Waals surface area contributed by atoms with Crippen molar-refractivity contribution in [3.05, 3.63) is 59.4 Å². The summed E-state index contributed by atoms with van der Waals surface area (Å²) in [6.07, 6.45) is 2.67. The van der Waals surface area contributed by atoms with Crippen molar-refractivity contribution in [2.75, 3.05) is 0 Å². The molecule has 1 N–H and O–H groups in total. The second-order valence-corrected chi connectivity index (χ2v) is 5.07. The first-order valence-electron chi connectivity index (χ1n) is 7.22. The minimum Gasteiger partial charge on any atom is -0.302 e. The Kier molecular flexibility index (Phi) is 3.82. The van der Waals surface area contributed by atoms with Gasteiger partial charge in [-0.05, 0) is 19.1 Å². The maximum atomic E-state index is 12.2. The van der Waals surface area contributed by atoms with Crippen molar-refractivity contribution < 1.29 is 4.79 Å². The minimum atomic E-state index is 0.0369. The molecule has 22 heavy (non-hydrogen) atoms. The lowest BCUT2D eigenvalue weighted by molar-refractivity contribution is 0.0983. The van der Waals surface area contributed by atoms with Crippen molar-refractivity contribution in [3.63, 3.8) is 0 Å². The van der Waals surface area contributed by atoms with Crippen LogP contribution in [0.15, 0.2) is 36.7 Å². The zero-order valence-electron chi connectivity index (χ0n) is 12.6. The highest BCUT2D eigenvalue weighted by atomic mass is 16.1. The number of benzene rings is 1. The number of hydrogen-bond donors (Lipinski definition) is 1. The number of aromatic amines is 1. The van der Waals surface area contributed by atoms with Crippen LogP contribution in [0.1, 0.15) is 40.9 Å². The van der Waals surface area contributed by atoms with E-state index in [4.69, 9.17) is 0 Å². The summed E-state index contributed by atoms with van der Waals surface area (Å²) in [6.45, 7) is 3.74. The molecule has 0 aliphatic rings. The smallest absolute Gasteiger partial charge is 0.182 e. The summed E-state index contributed by atoms with van der Waals surface area (Å²) in [5.74, 6) is 0.0369. The van der Waals surface area contributed by atoms with Gasteiger partial charge in [0.05, 0.1) is 17.1 Å². The van der Waals surface area contributed by atoms with Gasteiger partial charge in [-0.25, -0.2) is 4.98 Å². The Morgan fingerprint density at radius 2 is 2.05 bits per heavy atom. The number of carbonyl (C=O) groups excluding carboxylic acids is 1. The molecule has 0 unspecified atom stereocenters. The first-order valence-corrected chi connectivity index (χ1v) is 7.22. The Balaban J connectivity index is 2.09. The van der Waals surface area contributed by atoms with E-state index in [0.717, 1.165) is 22.8 Å². The Hall–Kier alpha value is -2.76. The van der Waals surface area contributed by atoms with Gasteiger partial charge in [-0.2, -0.15) is 0 Å². The Morgan fingerprint density at radius 1 is 1.27 bits per heavy atom. The summed E-state index contributed by atoms with van der Waals surface area (Å²) in [4.78, 5) is 16.5. The highest BCUT2D eigenvalue weighted by Gasteiger charge is 2.19. The van der Waals surface area contributed by atoms with E-state index in [2.05, 4.69) is 20.4 Å². The fourth-order valence-electron chi connectivity index (χ4n) is 2.39. The third-order valence-corrected chi connectivity index (χ3v) is 3.65. The molecular weight excluding hydrogens is 278 g/mol. The van der Waals surface area contributed by atoms with E-state index in [9.17, 15) is 4.79 Å². The summed E-state index contributed by atoms with van der Waals surface area (Å²) in [6, 6.07) is 9.86. The average Bonchev–Trinajstić information content (AvgIpc) is 3.15. The van der Waals surface area contributed by atoms with Gasteiger partial charge in [0.1, 0.15) is 12.0 Å². The summed E-state index contributed by atoms with van der Waals surface area (Å²) in [7, 11) is 0. The summed E-state index contributed by atoms with van der Waals surface area (Å²) >= 11 is 0. The molecule has 1 aromatic carbocycles. The molecule has 3 rings (SSSR count). The molecular formula is C16H17N5O. The molecule has 0 aliphatic heterocycles. The molecule has 0 saturated heterocycles. The number of aryl methyl sites for hydroxylation is 1. The Bertz CT molecular complexity index is 788. The molecule has 3 aromatic rings. The molecule has 0 fully saturated rings. The SMILES string of the molecule is CCC(=O)c1ncn(-c2ccccc2)c1Cc1[nH]nnc1C. The topological polar surface area (TPSA) is 76.5 Å². The van der Waals surface area contributed by atoms with E-state index in [1.54, 1.807) is 6.33 Å². The normalized spacial score (nSPS) is 10.8.